The van der Waals surface area contributed by atoms with Crippen LogP contribution < -0.4 is 10.5 Å². The number of benzene rings is 3. The van der Waals surface area contributed by atoms with E-state index in [4.69, 9.17) is 10.5 Å². The number of para-hydroxylation sites is 1. The van der Waals surface area contributed by atoms with Crippen LogP contribution in [0.25, 0.3) is 10.8 Å². The summed E-state index contributed by atoms with van der Waals surface area (Å²) in [5.74, 6) is 0.0299. The summed E-state index contributed by atoms with van der Waals surface area (Å²) in [4.78, 5) is 11.4. The van der Waals surface area contributed by atoms with Crippen LogP contribution in [0.15, 0.2) is 66.7 Å². The van der Waals surface area contributed by atoms with Crippen LogP contribution in [0, 0.1) is 0 Å². The standard InChI is InChI=1S/C18H15NO2/c19-18(20)16-7-3-4-8-17(16)21-12-13-9-10-14-5-1-2-6-15(14)11-13/h1-11H,12H2,(H2,19,20). The van der Waals surface area contributed by atoms with Gasteiger partial charge in [0.25, 0.3) is 5.91 Å². The molecule has 0 bridgehead atoms. The van der Waals surface area contributed by atoms with Crippen molar-refractivity contribution in [3.05, 3.63) is 77.9 Å². The first-order valence-corrected chi connectivity index (χ1v) is 6.73. The van der Waals surface area contributed by atoms with E-state index in [0.29, 0.717) is 17.9 Å². The lowest BCUT2D eigenvalue weighted by Crippen LogP contribution is -2.12. The predicted molar refractivity (Wildman–Crippen MR) is 83.2 cm³/mol. The molecule has 3 aromatic rings. The normalized spacial score (nSPS) is 10.5. The molecule has 3 heteroatoms. The van der Waals surface area contributed by atoms with Gasteiger partial charge in [-0.15, -0.1) is 0 Å². The predicted octanol–water partition coefficient (Wildman–Crippen LogP) is 3.52. The van der Waals surface area contributed by atoms with E-state index in [1.807, 2.05) is 24.3 Å². The number of ether oxygens (including phenoxy) is 1. The zero-order valence-electron chi connectivity index (χ0n) is 11.5. The fourth-order valence-electron chi connectivity index (χ4n) is 2.29. The van der Waals surface area contributed by atoms with Gasteiger partial charge in [0.2, 0.25) is 0 Å². The third-order valence-corrected chi connectivity index (χ3v) is 3.36. The van der Waals surface area contributed by atoms with Crippen molar-refractivity contribution < 1.29 is 9.53 Å². The van der Waals surface area contributed by atoms with Gasteiger partial charge in [-0.1, -0.05) is 48.5 Å². The molecule has 3 nitrogen and oxygen atoms in total. The minimum atomic E-state index is -0.482. The SMILES string of the molecule is NC(=O)c1ccccc1OCc1ccc2ccccc2c1. The summed E-state index contributed by atoms with van der Waals surface area (Å²) >= 11 is 0. The third-order valence-electron chi connectivity index (χ3n) is 3.36. The lowest BCUT2D eigenvalue weighted by Gasteiger charge is -2.10. The number of amides is 1. The van der Waals surface area contributed by atoms with Crippen molar-refractivity contribution in [2.24, 2.45) is 5.73 Å². The maximum atomic E-state index is 11.4. The Morgan fingerprint density at radius 1 is 0.905 bits per heavy atom. The zero-order valence-corrected chi connectivity index (χ0v) is 11.5. The molecule has 21 heavy (non-hydrogen) atoms. The van der Waals surface area contributed by atoms with E-state index in [-0.39, 0.29) is 0 Å². The van der Waals surface area contributed by atoms with Crippen molar-refractivity contribution in [1.29, 1.82) is 0 Å². The number of primary amides is 1. The van der Waals surface area contributed by atoms with E-state index in [1.165, 1.54) is 10.8 Å². The van der Waals surface area contributed by atoms with E-state index in [0.717, 1.165) is 5.56 Å². The van der Waals surface area contributed by atoms with Gasteiger partial charge < -0.3 is 10.5 Å². The van der Waals surface area contributed by atoms with Crippen LogP contribution in [-0.4, -0.2) is 5.91 Å². The molecule has 0 spiro atoms. The van der Waals surface area contributed by atoms with Crippen molar-refractivity contribution in [2.75, 3.05) is 0 Å². The van der Waals surface area contributed by atoms with Crippen LogP contribution in [0.2, 0.25) is 0 Å². The topological polar surface area (TPSA) is 52.3 Å². The molecule has 3 rings (SSSR count). The van der Waals surface area contributed by atoms with Gasteiger partial charge in [-0.25, -0.2) is 0 Å². The highest BCUT2D eigenvalue weighted by Gasteiger charge is 2.08. The van der Waals surface area contributed by atoms with Gasteiger partial charge in [-0.3, -0.25) is 4.79 Å². The molecule has 0 aliphatic carbocycles. The molecular weight excluding hydrogens is 262 g/mol. The Kier molecular flexibility index (Phi) is 3.56. The van der Waals surface area contributed by atoms with Gasteiger partial charge in [-0.2, -0.15) is 0 Å². The molecule has 0 fully saturated rings. The number of carbonyl (C=O) groups is 1. The number of carbonyl (C=O) groups excluding carboxylic acids is 1. The summed E-state index contributed by atoms with van der Waals surface area (Å²) in [6.45, 7) is 0.398. The quantitative estimate of drug-likeness (QED) is 0.793. The van der Waals surface area contributed by atoms with E-state index in [2.05, 4.69) is 24.3 Å². The Labute approximate surface area is 123 Å². The van der Waals surface area contributed by atoms with Gasteiger partial charge in [0.05, 0.1) is 5.56 Å². The van der Waals surface area contributed by atoms with Crippen LogP contribution >= 0.6 is 0 Å². The minimum absolute atomic E-state index is 0.398. The average molecular weight is 277 g/mol. The molecule has 0 radical (unpaired) electrons. The van der Waals surface area contributed by atoms with Gasteiger partial charge in [0, 0.05) is 0 Å². The Hall–Kier alpha value is -2.81. The fourth-order valence-corrected chi connectivity index (χ4v) is 2.29. The average Bonchev–Trinajstić information content (AvgIpc) is 2.53. The molecule has 0 atom stereocenters. The van der Waals surface area contributed by atoms with E-state index >= 15 is 0 Å². The van der Waals surface area contributed by atoms with Gasteiger partial charge in [0.15, 0.2) is 0 Å². The molecule has 0 saturated carbocycles. The summed E-state index contributed by atoms with van der Waals surface area (Å²) in [5, 5.41) is 2.36. The molecule has 0 unspecified atom stereocenters. The Balaban J connectivity index is 1.82. The van der Waals surface area contributed by atoms with E-state index < -0.39 is 5.91 Å². The van der Waals surface area contributed by atoms with E-state index in [1.54, 1.807) is 18.2 Å². The Morgan fingerprint density at radius 3 is 2.43 bits per heavy atom. The summed E-state index contributed by atoms with van der Waals surface area (Å²) in [6.07, 6.45) is 0. The van der Waals surface area contributed by atoms with Gasteiger partial charge in [-0.05, 0) is 34.5 Å². The molecule has 1 amide bonds. The highest BCUT2D eigenvalue weighted by Crippen LogP contribution is 2.20. The van der Waals surface area contributed by atoms with Crippen LogP contribution in [0.5, 0.6) is 5.75 Å². The van der Waals surface area contributed by atoms with Crippen LogP contribution in [0.1, 0.15) is 15.9 Å². The molecule has 0 aliphatic heterocycles. The molecule has 0 aromatic heterocycles. The van der Waals surface area contributed by atoms with E-state index in [9.17, 15) is 4.79 Å². The number of fused-ring (bicyclic) bond motifs is 1. The molecule has 104 valence electrons. The molecule has 0 heterocycles. The highest BCUT2D eigenvalue weighted by atomic mass is 16.5. The second kappa shape index (κ2) is 5.67. The summed E-state index contributed by atoms with van der Waals surface area (Å²) in [5.41, 5.74) is 6.79. The van der Waals surface area contributed by atoms with Crippen LogP contribution in [-0.2, 0) is 6.61 Å². The smallest absolute Gasteiger partial charge is 0.252 e. The van der Waals surface area contributed by atoms with Crippen LogP contribution in [0.4, 0.5) is 0 Å². The minimum Gasteiger partial charge on any atom is -0.488 e. The molecule has 2 N–H and O–H groups in total. The van der Waals surface area contributed by atoms with Crippen molar-refractivity contribution in [3.63, 3.8) is 0 Å². The first-order valence-electron chi connectivity index (χ1n) is 6.73. The fraction of sp³-hybridized carbons (Fsp3) is 0.0556. The number of nitrogens with two attached hydrogens (primary N) is 1. The summed E-state index contributed by atoms with van der Waals surface area (Å²) in [6, 6.07) is 21.3. The number of hydrogen-bond donors (Lipinski definition) is 1. The number of rotatable bonds is 4. The largest absolute Gasteiger partial charge is 0.488 e. The molecule has 0 saturated heterocycles. The first-order chi connectivity index (χ1) is 10.2. The van der Waals surface area contributed by atoms with Gasteiger partial charge in [0.1, 0.15) is 12.4 Å². The van der Waals surface area contributed by atoms with Crippen molar-refractivity contribution in [3.8, 4) is 5.75 Å². The molecule has 3 aromatic carbocycles. The summed E-state index contributed by atoms with van der Waals surface area (Å²) in [7, 11) is 0. The maximum absolute atomic E-state index is 11.4. The molecular formula is C18H15NO2. The Morgan fingerprint density at radius 2 is 1.62 bits per heavy atom. The first kappa shape index (κ1) is 13.2. The van der Waals surface area contributed by atoms with Crippen molar-refractivity contribution >= 4 is 16.7 Å². The van der Waals surface area contributed by atoms with Crippen molar-refractivity contribution in [2.45, 2.75) is 6.61 Å². The van der Waals surface area contributed by atoms with Crippen LogP contribution in [0.3, 0.4) is 0 Å². The second-order valence-corrected chi connectivity index (χ2v) is 4.83. The second-order valence-electron chi connectivity index (χ2n) is 4.83. The van der Waals surface area contributed by atoms with Crippen molar-refractivity contribution in [1.82, 2.24) is 0 Å². The maximum Gasteiger partial charge on any atom is 0.252 e. The molecule has 0 aliphatic rings. The zero-order chi connectivity index (χ0) is 14.7. The Bertz CT molecular complexity index is 796. The lowest BCUT2D eigenvalue weighted by atomic mass is 10.1. The summed E-state index contributed by atoms with van der Waals surface area (Å²) < 4.78 is 5.73. The number of hydrogen-bond acceptors (Lipinski definition) is 2. The highest BCUT2D eigenvalue weighted by molar-refractivity contribution is 5.95. The third kappa shape index (κ3) is 2.87. The lowest BCUT2D eigenvalue weighted by molar-refractivity contribution is 0.0996. The monoisotopic (exact) mass is 277 g/mol. The van der Waals surface area contributed by atoms with Gasteiger partial charge >= 0.3 is 0 Å².